The first-order valence-corrected chi connectivity index (χ1v) is 15.2. The Morgan fingerprint density at radius 2 is 1.13 bits per heavy atom. The van der Waals surface area contributed by atoms with Gasteiger partial charge in [0.2, 0.25) is 29.5 Å². The van der Waals surface area contributed by atoms with Gasteiger partial charge in [-0.25, -0.2) is 0 Å². The smallest absolute Gasteiger partial charge is 0.243 e. The highest BCUT2D eigenvalue weighted by molar-refractivity contribution is 5.95. The largest absolute Gasteiger partial charge is 0.399 e. The van der Waals surface area contributed by atoms with Crippen LogP contribution in [0.3, 0.4) is 0 Å². The molecule has 252 valence electrons. The summed E-state index contributed by atoms with van der Waals surface area (Å²) < 4.78 is 0. The van der Waals surface area contributed by atoms with Gasteiger partial charge >= 0.3 is 0 Å². The van der Waals surface area contributed by atoms with Crippen molar-refractivity contribution >= 4 is 41.2 Å². The number of carbonyl (C=O) groups excluding carboxylic acids is 5. The third-order valence-electron chi connectivity index (χ3n) is 6.75. The van der Waals surface area contributed by atoms with Crippen LogP contribution in [0.15, 0.2) is 29.3 Å². The minimum absolute atomic E-state index is 0.00848. The summed E-state index contributed by atoms with van der Waals surface area (Å²) in [6, 6.07) is 1.86. The van der Waals surface area contributed by atoms with Crippen molar-refractivity contribution < 1.29 is 24.0 Å². The second kappa shape index (κ2) is 19.1. The van der Waals surface area contributed by atoms with Crippen molar-refractivity contribution in [3.8, 4) is 0 Å². The Balaban J connectivity index is 3.16. The van der Waals surface area contributed by atoms with Gasteiger partial charge in [-0.15, -0.1) is 0 Å². The van der Waals surface area contributed by atoms with Crippen molar-refractivity contribution in [2.24, 2.45) is 39.8 Å². The Morgan fingerprint density at radius 1 is 0.689 bits per heavy atom. The van der Waals surface area contributed by atoms with Gasteiger partial charge < -0.3 is 49.9 Å². The van der Waals surface area contributed by atoms with Crippen LogP contribution in [0.5, 0.6) is 0 Å². The van der Waals surface area contributed by atoms with Crippen molar-refractivity contribution in [1.82, 2.24) is 21.3 Å². The Bertz CT molecular complexity index is 1170. The third kappa shape index (κ3) is 15.2. The van der Waals surface area contributed by atoms with E-state index in [9.17, 15) is 24.0 Å². The monoisotopic (exact) mass is 632 g/mol. The molecule has 1 aromatic rings. The highest BCUT2D eigenvalue weighted by atomic mass is 16.2. The second-order valence-corrected chi connectivity index (χ2v) is 12.1. The third-order valence-corrected chi connectivity index (χ3v) is 6.75. The van der Waals surface area contributed by atoms with Crippen LogP contribution >= 0.6 is 0 Å². The van der Waals surface area contributed by atoms with Crippen molar-refractivity contribution in [1.29, 1.82) is 0 Å². The lowest BCUT2D eigenvalue weighted by Crippen LogP contribution is -2.59. The molecule has 0 saturated carbocycles. The van der Waals surface area contributed by atoms with E-state index in [2.05, 4.69) is 26.3 Å². The van der Waals surface area contributed by atoms with E-state index in [0.717, 1.165) is 5.56 Å². The number of amides is 5. The van der Waals surface area contributed by atoms with Crippen LogP contribution in [0.1, 0.15) is 65.9 Å². The van der Waals surface area contributed by atoms with Crippen molar-refractivity contribution in [2.45, 2.75) is 96.9 Å². The molecule has 1 rings (SSSR count). The summed E-state index contributed by atoms with van der Waals surface area (Å²) in [4.78, 5) is 68.8. The molecular formula is C30H52N10O5. The average Bonchev–Trinajstić information content (AvgIpc) is 2.93. The first kappa shape index (κ1) is 38.6. The molecule has 0 bridgehead atoms. The Labute approximate surface area is 265 Å². The minimum Gasteiger partial charge on any atom is -0.399 e. The minimum atomic E-state index is -1.04. The van der Waals surface area contributed by atoms with Crippen LogP contribution in [-0.2, 0) is 30.4 Å². The molecule has 0 heterocycles. The number of anilines is 1. The molecule has 1 aromatic carbocycles. The van der Waals surface area contributed by atoms with Crippen LogP contribution in [0.25, 0.3) is 0 Å². The molecule has 15 nitrogen and oxygen atoms in total. The summed E-state index contributed by atoms with van der Waals surface area (Å²) in [6.07, 6.45) is 1.19. The fraction of sp³-hybridized carbons (Fsp3) is 0.600. The Hall–Kier alpha value is -4.40. The van der Waals surface area contributed by atoms with E-state index >= 15 is 0 Å². The van der Waals surface area contributed by atoms with Crippen molar-refractivity contribution in [2.75, 3.05) is 12.3 Å². The molecule has 0 saturated heterocycles. The second-order valence-electron chi connectivity index (χ2n) is 12.1. The standard InChI is InChI=1S/C30H52N10O5/c1-16(2)13-22(27(43)37-21(25(33)41)7-6-12-36-30(34)35)39-28(44)23(14-17(3)4)40-29(45)24(38-26(42)18(5)31)15-19-8-10-20(32)11-9-19/h8-11,16-18,21-24H,6-7,12-15,31-32H2,1-5H3,(H2,33,41)(H,37,43)(H,38,42)(H,39,44)(H,40,45)(H4,34,35,36)/t18-,21-,22-,23-,24-/m0/s1. The van der Waals surface area contributed by atoms with Crippen molar-refractivity contribution in [3.05, 3.63) is 29.8 Å². The number of carbonyl (C=O) groups is 5. The van der Waals surface area contributed by atoms with Gasteiger partial charge in [-0.3, -0.25) is 29.0 Å². The predicted molar refractivity (Wildman–Crippen MR) is 174 cm³/mol. The number of nitrogens with zero attached hydrogens (tertiary/aromatic N) is 1. The zero-order chi connectivity index (χ0) is 34.3. The number of primary amides is 1. The molecule has 0 fully saturated rings. The van der Waals surface area contributed by atoms with Gasteiger partial charge in [0.05, 0.1) is 6.04 Å². The Morgan fingerprint density at radius 3 is 1.56 bits per heavy atom. The van der Waals surface area contributed by atoms with Crippen LogP contribution in [-0.4, -0.2) is 72.2 Å². The molecule has 15 heteroatoms. The summed E-state index contributed by atoms with van der Waals surface area (Å²) in [7, 11) is 0. The van der Waals surface area contributed by atoms with E-state index in [-0.39, 0.29) is 50.0 Å². The lowest BCUT2D eigenvalue weighted by molar-refractivity contribution is -0.135. The number of nitrogens with two attached hydrogens (primary N) is 5. The number of aliphatic imine (C=N–C) groups is 1. The highest BCUT2D eigenvalue weighted by Gasteiger charge is 2.32. The zero-order valence-electron chi connectivity index (χ0n) is 27.0. The van der Waals surface area contributed by atoms with Crippen molar-refractivity contribution in [3.63, 3.8) is 0 Å². The molecule has 0 aliphatic rings. The molecule has 0 unspecified atom stereocenters. The summed E-state index contributed by atoms with van der Waals surface area (Å²) in [5, 5.41) is 10.8. The highest BCUT2D eigenvalue weighted by Crippen LogP contribution is 2.12. The predicted octanol–water partition coefficient (Wildman–Crippen LogP) is -1.27. The molecule has 45 heavy (non-hydrogen) atoms. The van der Waals surface area contributed by atoms with E-state index in [1.54, 1.807) is 24.3 Å². The Kier molecular flexibility index (Phi) is 16.4. The van der Waals surface area contributed by atoms with Crippen LogP contribution in [0.4, 0.5) is 5.69 Å². The number of rotatable bonds is 19. The molecule has 14 N–H and O–H groups in total. The topological polar surface area (TPSA) is 276 Å². The molecule has 0 aromatic heterocycles. The van der Waals surface area contributed by atoms with E-state index in [1.165, 1.54) is 6.92 Å². The summed E-state index contributed by atoms with van der Waals surface area (Å²) in [5.41, 5.74) is 29.0. The molecule has 0 aliphatic heterocycles. The zero-order valence-corrected chi connectivity index (χ0v) is 27.0. The fourth-order valence-corrected chi connectivity index (χ4v) is 4.41. The van der Waals surface area contributed by atoms with E-state index in [1.807, 2.05) is 27.7 Å². The maximum Gasteiger partial charge on any atom is 0.243 e. The number of nitrogens with one attached hydrogen (secondary N) is 4. The number of nitrogen functional groups attached to an aromatic ring is 1. The molecule has 0 radical (unpaired) electrons. The molecule has 5 atom stereocenters. The van der Waals surface area contributed by atoms with Gasteiger partial charge in [0.25, 0.3) is 0 Å². The number of hydrogen-bond donors (Lipinski definition) is 9. The van der Waals surface area contributed by atoms with Gasteiger partial charge in [-0.05, 0) is 62.1 Å². The van der Waals surface area contributed by atoms with Crippen LogP contribution in [0, 0.1) is 11.8 Å². The van der Waals surface area contributed by atoms with Crippen LogP contribution < -0.4 is 49.9 Å². The average molecular weight is 633 g/mol. The van der Waals surface area contributed by atoms with Gasteiger partial charge in [0, 0.05) is 18.7 Å². The maximum atomic E-state index is 13.6. The van der Waals surface area contributed by atoms with Crippen LogP contribution in [0.2, 0.25) is 0 Å². The molecule has 0 spiro atoms. The number of benzene rings is 1. The lowest BCUT2D eigenvalue weighted by atomic mass is 9.98. The van der Waals surface area contributed by atoms with E-state index in [4.69, 9.17) is 28.7 Å². The number of guanidine groups is 1. The number of hydrogen-bond acceptors (Lipinski definition) is 8. The fourth-order valence-electron chi connectivity index (χ4n) is 4.41. The van der Waals surface area contributed by atoms with E-state index < -0.39 is 59.7 Å². The molecule has 0 aliphatic carbocycles. The molecular weight excluding hydrogens is 580 g/mol. The maximum absolute atomic E-state index is 13.6. The van der Waals surface area contributed by atoms with Gasteiger partial charge in [0.1, 0.15) is 24.2 Å². The normalized spacial score (nSPS) is 14.4. The SMILES string of the molecule is CC(C)C[C@H](NC(=O)[C@H](CC(C)C)NC(=O)[C@H](Cc1ccc(N)cc1)NC(=O)[C@H](C)N)C(=O)N[C@@H](CCCN=C(N)N)C(N)=O. The first-order valence-electron chi connectivity index (χ1n) is 15.2. The quantitative estimate of drug-likeness (QED) is 0.0380. The van der Waals surface area contributed by atoms with E-state index in [0.29, 0.717) is 12.1 Å². The van der Waals surface area contributed by atoms with Gasteiger partial charge in [0.15, 0.2) is 5.96 Å². The lowest BCUT2D eigenvalue weighted by Gasteiger charge is -2.28. The summed E-state index contributed by atoms with van der Waals surface area (Å²) in [6.45, 7) is 9.26. The van der Waals surface area contributed by atoms with Gasteiger partial charge in [-0.1, -0.05) is 39.8 Å². The summed E-state index contributed by atoms with van der Waals surface area (Å²) >= 11 is 0. The first-order chi connectivity index (χ1) is 21.0. The summed E-state index contributed by atoms with van der Waals surface area (Å²) in [5.74, 6) is -3.18. The molecule has 5 amide bonds. The van der Waals surface area contributed by atoms with Gasteiger partial charge in [-0.2, -0.15) is 0 Å².